The molecule has 2 heterocycles. The molecule has 6 nitrogen and oxygen atoms in total. The maximum absolute atomic E-state index is 13.7. The zero-order chi connectivity index (χ0) is 13.1. The van der Waals surface area contributed by atoms with Gasteiger partial charge in [-0.1, -0.05) is 0 Å². The van der Waals surface area contributed by atoms with E-state index in [-0.39, 0.29) is 30.8 Å². The van der Waals surface area contributed by atoms with Crippen molar-refractivity contribution in [3.8, 4) is 0 Å². The summed E-state index contributed by atoms with van der Waals surface area (Å²) >= 11 is 0. The summed E-state index contributed by atoms with van der Waals surface area (Å²) in [5, 5.41) is 6.11. The van der Waals surface area contributed by atoms with Crippen LogP contribution in [0.4, 0.5) is 4.39 Å². The molecule has 2 unspecified atom stereocenters. The molecular formula is C11H21FN4O2. The number of hydrogen-bond donors (Lipinski definition) is 3. The van der Waals surface area contributed by atoms with Gasteiger partial charge in [0.25, 0.3) is 0 Å². The number of alkyl halides is 1. The standard InChI is InChI=1S/C11H21FN4O2/c1-18-9-2-3-16(6-7(9)12)11(17)8-4-15-10(13)5-14-8/h7-10,14-15H,2-6,13H2,1H3/t7-,8?,9+,10?/m1/s1. The first-order valence-electron chi connectivity index (χ1n) is 6.30. The Labute approximate surface area is 106 Å². The topological polar surface area (TPSA) is 79.6 Å². The Kier molecular flexibility index (Phi) is 4.50. The summed E-state index contributed by atoms with van der Waals surface area (Å²) in [4.78, 5) is 13.7. The molecule has 2 fully saturated rings. The van der Waals surface area contributed by atoms with Crippen LogP contribution in [-0.4, -0.2) is 68.6 Å². The van der Waals surface area contributed by atoms with Crippen LogP contribution < -0.4 is 16.4 Å². The van der Waals surface area contributed by atoms with Crippen LogP contribution in [-0.2, 0) is 9.53 Å². The van der Waals surface area contributed by atoms with E-state index < -0.39 is 6.17 Å². The average Bonchev–Trinajstić information content (AvgIpc) is 2.38. The lowest BCUT2D eigenvalue weighted by molar-refractivity contribution is -0.138. The number of carbonyl (C=O) groups is 1. The van der Waals surface area contributed by atoms with Crippen LogP contribution >= 0.6 is 0 Å². The first-order chi connectivity index (χ1) is 8.61. The number of nitrogens with two attached hydrogens (primary N) is 1. The number of rotatable bonds is 2. The van der Waals surface area contributed by atoms with Crippen LogP contribution in [0, 0.1) is 0 Å². The van der Waals surface area contributed by atoms with Crippen molar-refractivity contribution in [3.63, 3.8) is 0 Å². The van der Waals surface area contributed by atoms with Gasteiger partial charge in [-0.15, -0.1) is 0 Å². The Hall–Kier alpha value is -0.760. The minimum Gasteiger partial charge on any atom is -0.378 e. The Morgan fingerprint density at radius 3 is 2.78 bits per heavy atom. The summed E-state index contributed by atoms with van der Waals surface area (Å²) in [6, 6.07) is -0.309. The highest BCUT2D eigenvalue weighted by Gasteiger charge is 2.35. The lowest BCUT2D eigenvalue weighted by Gasteiger charge is -2.37. The molecule has 2 saturated heterocycles. The van der Waals surface area contributed by atoms with Crippen molar-refractivity contribution in [3.05, 3.63) is 0 Å². The van der Waals surface area contributed by atoms with Gasteiger partial charge in [0, 0.05) is 26.7 Å². The number of halogens is 1. The van der Waals surface area contributed by atoms with Gasteiger partial charge in [-0.3, -0.25) is 10.1 Å². The van der Waals surface area contributed by atoms with Gasteiger partial charge in [-0.25, -0.2) is 4.39 Å². The number of likely N-dealkylation sites (tertiary alicyclic amines) is 1. The maximum Gasteiger partial charge on any atom is 0.241 e. The van der Waals surface area contributed by atoms with E-state index in [1.54, 1.807) is 4.90 Å². The molecule has 0 aromatic rings. The highest BCUT2D eigenvalue weighted by atomic mass is 19.1. The van der Waals surface area contributed by atoms with Crippen molar-refractivity contribution in [2.24, 2.45) is 5.73 Å². The van der Waals surface area contributed by atoms with Crippen molar-refractivity contribution >= 4 is 5.91 Å². The molecule has 2 aliphatic rings. The van der Waals surface area contributed by atoms with E-state index in [1.165, 1.54) is 7.11 Å². The second-order valence-corrected chi connectivity index (χ2v) is 4.84. The summed E-state index contributed by atoms with van der Waals surface area (Å²) < 4.78 is 18.7. The molecule has 4 N–H and O–H groups in total. The molecule has 1 amide bonds. The van der Waals surface area contributed by atoms with Gasteiger partial charge in [0.15, 0.2) is 0 Å². The van der Waals surface area contributed by atoms with E-state index in [2.05, 4.69) is 10.6 Å². The predicted molar refractivity (Wildman–Crippen MR) is 64.7 cm³/mol. The summed E-state index contributed by atoms with van der Waals surface area (Å²) in [5.74, 6) is -0.0633. The van der Waals surface area contributed by atoms with E-state index in [0.717, 1.165) is 0 Å². The Balaban J connectivity index is 1.86. The van der Waals surface area contributed by atoms with Crippen LogP contribution in [0.15, 0.2) is 0 Å². The highest BCUT2D eigenvalue weighted by molar-refractivity contribution is 5.82. The van der Waals surface area contributed by atoms with Crippen molar-refractivity contribution in [1.29, 1.82) is 0 Å². The van der Waals surface area contributed by atoms with Crippen LogP contribution in [0.3, 0.4) is 0 Å². The highest BCUT2D eigenvalue weighted by Crippen LogP contribution is 2.17. The molecule has 18 heavy (non-hydrogen) atoms. The minimum absolute atomic E-state index is 0.0633. The fourth-order valence-corrected chi connectivity index (χ4v) is 2.43. The van der Waals surface area contributed by atoms with E-state index in [1.807, 2.05) is 0 Å². The van der Waals surface area contributed by atoms with Crippen LogP contribution in [0.25, 0.3) is 0 Å². The molecule has 0 aliphatic carbocycles. The molecule has 2 aliphatic heterocycles. The lowest BCUT2D eigenvalue weighted by Crippen LogP contribution is -2.63. The molecule has 0 aromatic carbocycles. The normalized spacial score (nSPS) is 37.6. The number of amides is 1. The fourth-order valence-electron chi connectivity index (χ4n) is 2.43. The summed E-state index contributed by atoms with van der Waals surface area (Å²) in [6.45, 7) is 1.69. The van der Waals surface area contributed by atoms with Gasteiger partial charge < -0.3 is 20.7 Å². The lowest BCUT2D eigenvalue weighted by atomic mass is 10.0. The number of hydrogen-bond acceptors (Lipinski definition) is 5. The van der Waals surface area contributed by atoms with Gasteiger partial charge in [0.1, 0.15) is 6.17 Å². The monoisotopic (exact) mass is 260 g/mol. The quantitative estimate of drug-likeness (QED) is 0.558. The number of nitrogens with one attached hydrogen (secondary N) is 2. The Morgan fingerprint density at radius 2 is 2.22 bits per heavy atom. The zero-order valence-corrected chi connectivity index (χ0v) is 10.6. The molecule has 0 saturated carbocycles. The Bertz CT molecular complexity index is 297. The van der Waals surface area contributed by atoms with Crippen molar-refractivity contribution < 1.29 is 13.9 Å². The molecule has 4 atom stereocenters. The van der Waals surface area contributed by atoms with Crippen molar-refractivity contribution in [1.82, 2.24) is 15.5 Å². The molecule has 0 bridgehead atoms. The van der Waals surface area contributed by atoms with Gasteiger partial charge in [0.05, 0.1) is 24.9 Å². The number of piperazine rings is 1. The first kappa shape index (κ1) is 13.7. The summed E-state index contributed by atoms with van der Waals surface area (Å²) in [6.07, 6.45) is -1.07. The smallest absolute Gasteiger partial charge is 0.241 e. The second-order valence-electron chi connectivity index (χ2n) is 4.84. The van der Waals surface area contributed by atoms with E-state index in [4.69, 9.17) is 10.5 Å². The average molecular weight is 260 g/mol. The number of nitrogens with zero attached hydrogens (tertiary/aromatic N) is 1. The van der Waals surface area contributed by atoms with Gasteiger partial charge in [-0.05, 0) is 6.42 Å². The van der Waals surface area contributed by atoms with Crippen molar-refractivity contribution in [2.45, 2.75) is 30.9 Å². The molecule has 0 aromatic heterocycles. The van der Waals surface area contributed by atoms with Crippen LogP contribution in [0.5, 0.6) is 0 Å². The van der Waals surface area contributed by atoms with Crippen LogP contribution in [0.1, 0.15) is 6.42 Å². The molecule has 104 valence electrons. The third-order valence-corrected chi connectivity index (χ3v) is 3.56. The predicted octanol–water partition coefficient (Wildman–Crippen LogP) is -1.58. The third kappa shape index (κ3) is 2.97. The number of ether oxygens (including phenoxy) is 1. The third-order valence-electron chi connectivity index (χ3n) is 3.56. The molecular weight excluding hydrogens is 239 g/mol. The molecule has 0 radical (unpaired) electrons. The molecule has 2 rings (SSSR count). The summed E-state index contributed by atoms with van der Waals surface area (Å²) in [7, 11) is 1.50. The van der Waals surface area contributed by atoms with Gasteiger partial charge in [0.2, 0.25) is 5.91 Å². The molecule has 7 heteroatoms. The van der Waals surface area contributed by atoms with Crippen LogP contribution in [0.2, 0.25) is 0 Å². The largest absolute Gasteiger partial charge is 0.378 e. The van der Waals surface area contributed by atoms with Gasteiger partial charge >= 0.3 is 0 Å². The fraction of sp³-hybridized carbons (Fsp3) is 0.909. The second kappa shape index (κ2) is 5.92. The number of carbonyl (C=O) groups excluding carboxylic acids is 1. The SMILES string of the molecule is CO[C@H]1CCN(C(=O)C2CNC(N)CN2)C[C@H]1F. The molecule has 0 spiro atoms. The van der Waals surface area contributed by atoms with E-state index in [0.29, 0.717) is 26.1 Å². The number of piperidine rings is 1. The number of methoxy groups -OCH3 is 1. The summed E-state index contributed by atoms with van der Waals surface area (Å²) in [5.41, 5.74) is 5.66. The first-order valence-corrected chi connectivity index (χ1v) is 6.30. The Morgan fingerprint density at radius 1 is 1.44 bits per heavy atom. The van der Waals surface area contributed by atoms with Crippen molar-refractivity contribution in [2.75, 3.05) is 33.3 Å². The van der Waals surface area contributed by atoms with E-state index >= 15 is 0 Å². The van der Waals surface area contributed by atoms with E-state index in [9.17, 15) is 9.18 Å². The zero-order valence-electron chi connectivity index (χ0n) is 10.6. The minimum atomic E-state index is -1.11. The maximum atomic E-state index is 13.7. The van der Waals surface area contributed by atoms with Gasteiger partial charge in [-0.2, -0.15) is 0 Å².